The normalized spacial score (nSPS) is 20.1. The summed E-state index contributed by atoms with van der Waals surface area (Å²) in [6, 6.07) is 0. The molecule has 1 fully saturated rings. The molecule has 0 aliphatic carbocycles. The summed E-state index contributed by atoms with van der Waals surface area (Å²) in [7, 11) is 0. The van der Waals surface area contributed by atoms with Crippen molar-refractivity contribution in [1.29, 1.82) is 0 Å². The Morgan fingerprint density at radius 3 is 2.88 bits per heavy atom. The number of rotatable bonds is 2. The molecule has 0 bridgehead atoms. The third-order valence-corrected chi connectivity index (χ3v) is 3.39. The maximum absolute atomic E-state index is 11.1. The Morgan fingerprint density at radius 2 is 2.31 bits per heavy atom. The summed E-state index contributed by atoms with van der Waals surface area (Å²) >= 11 is 3.41. The zero-order valence-corrected chi connectivity index (χ0v) is 10.3. The maximum Gasteiger partial charge on any atom is 0.222 e. The lowest BCUT2D eigenvalue weighted by Crippen LogP contribution is -2.27. The number of nitrogen functional groups attached to an aromatic ring is 1. The van der Waals surface area contributed by atoms with Gasteiger partial charge in [0.1, 0.15) is 0 Å². The molecule has 2 rings (SSSR count). The molecule has 1 aromatic heterocycles. The predicted octanol–water partition coefficient (Wildman–Crippen LogP) is 0.738. The van der Waals surface area contributed by atoms with E-state index in [1.807, 2.05) is 0 Å². The number of hydrogen-bond acceptors (Lipinski definition) is 4. The van der Waals surface area contributed by atoms with Gasteiger partial charge in [0.05, 0.1) is 28.0 Å². The highest BCUT2D eigenvalue weighted by Gasteiger charge is 2.28. The average molecular weight is 285 g/mol. The Labute approximate surface area is 102 Å². The summed E-state index contributed by atoms with van der Waals surface area (Å²) in [5.74, 6) is -0.328. The predicted molar refractivity (Wildman–Crippen MR) is 65.9 cm³/mol. The summed E-state index contributed by atoms with van der Waals surface area (Å²) < 4.78 is 0.845. The fourth-order valence-electron chi connectivity index (χ4n) is 1.97. The quantitative estimate of drug-likeness (QED) is 0.839. The van der Waals surface area contributed by atoms with Crippen molar-refractivity contribution in [3.8, 4) is 0 Å². The van der Waals surface area contributed by atoms with Crippen molar-refractivity contribution in [3.05, 3.63) is 16.9 Å². The number of anilines is 2. The van der Waals surface area contributed by atoms with Gasteiger partial charge in [0, 0.05) is 19.3 Å². The van der Waals surface area contributed by atoms with Crippen LogP contribution in [0.4, 0.5) is 11.4 Å². The van der Waals surface area contributed by atoms with Crippen molar-refractivity contribution in [2.75, 3.05) is 23.7 Å². The molecule has 1 unspecified atom stereocenters. The first kappa shape index (κ1) is 11.2. The number of halogens is 1. The fourth-order valence-corrected chi connectivity index (χ4v) is 2.57. The van der Waals surface area contributed by atoms with Gasteiger partial charge >= 0.3 is 0 Å². The summed E-state index contributed by atoms with van der Waals surface area (Å²) in [4.78, 5) is 17.1. The van der Waals surface area contributed by atoms with Crippen molar-refractivity contribution < 1.29 is 4.79 Å². The van der Waals surface area contributed by atoms with Crippen LogP contribution in [0.3, 0.4) is 0 Å². The zero-order chi connectivity index (χ0) is 11.7. The van der Waals surface area contributed by atoms with Crippen LogP contribution in [-0.2, 0) is 4.79 Å². The molecule has 16 heavy (non-hydrogen) atoms. The van der Waals surface area contributed by atoms with E-state index in [0.29, 0.717) is 12.2 Å². The molecule has 1 amide bonds. The molecule has 1 aliphatic rings. The molecule has 0 aromatic carbocycles. The summed E-state index contributed by atoms with van der Waals surface area (Å²) in [5, 5.41) is 0. The first-order valence-electron chi connectivity index (χ1n) is 5.03. The van der Waals surface area contributed by atoms with Crippen molar-refractivity contribution in [1.82, 2.24) is 4.98 Å². The van der Waals surface area contributed by atoms with Crippen LogP contribution in [0.5, 0.6) is 0 Å². The van der Waals surface area contributed by atoms with Crippen LogP contribution in [0.15, 0.2) is 16.9 Å². The number of primary amides is 1. The van der Waals surface area contributed by atoms with Gasteiger partial charge in [0.15, 0.2) is 0 Å². The standard InChI is InChI=1S/C10H13BrN4O/c11-7-3-14-4-8(12)9(7)15-2-1-6(5-15)10(13)16/h3-4,6H,1-2,5,12H2,(H2,13,16). The molecule has 2 heterocycles. The van der Waals surface area contributed by atoms with Crippen molar-refractivity contribution >= 4 is 33.2 Å². The fraction of sp³-hybridized carbons (Fsp3) is 0.400. The highest BCUT2D eigenvalue weighted by Crippen LogP contribution is 2.34. The second-order valence-corrected chi connectivity index (χ2v) is 4.75. The number of amides is 1. The zero-order valence-electron chi connectivity index (χ0n) is 8.69. The van der Waals surface area contributed by atoms with Crippen LogP contribution in [0.2, 0.25) is 0 Å². The molecule has 1 saturated heterocycles. The van der Waals surface area contributed by atoms with Crippen LogP contribution in [0.1, 0.15) is 6.42 Å². The van der Waals surface area contributed by atoms with Gasteiger partial charge in [-0.2, -0.15) is 0 Å². The highest BCUT2D eigenvalue weighted by atomic mass is 79.9. The number of pyridine rings is 1. The minimum atomic E-state index is -0.244. The summed E-state index contributed by atoms with van der Waals surface area (Å²) in [6.45, 7) is 1.42. The molecule has 1 atom stereocenters. The Bertz CT molecular complexity index is 403. The van der Waals surface area contributed by atoms with E-state index in [1.165, 1.54) is 0 Å². The molecule has 1 aliphatic heterocycles. The van der Waals surface area contributed by atoms with Gasteiger partial charge in [-0.3, -0.25) is 9.78 Å². The Morgan fingerprint density at radius 1 is 1.56 bits per heavy atom. The number of aromatic nitrogens is 1. The first-order chi connectivity index (χ1) is 7.59. The van der Waals surface area contributed by atoms with E-state index in [1.54, 1.807) is 12.4 Å². The van der Waals surface area contributed by atoms with E-state index in [4.69, 9.17) is 11.5 Å². The van der Waals surface area contributed by atoms with Crippen molar-refractivity contribution in [2.24, 2.45) is 11.7 Å². The van der Waals surface area contributed by atoms with Crippen LogP contribution in [0, 0.1) is 5.92 Å². The Hall–Kier alpha value is -1.30. The van der Waals surface area contributed by atoms with Crippen molar-refractivity contribution in [2.45, 2.75) is 6.42 Å². The van der Waals surface area contributed by atoms with Gasteiger partial charge in [0.25, 0.3) is 0 Å². The van der Waals surface area contributed by atoms with Crippen LogP contribution < -0.4 is 16.4 Å². The van der Waals surface area contributed by atoms with Gasteiger partial charge in [-0.05, 0) is 22.4 Å². The van der Waals surface area contributed by atoms with Crippen LogP contribution >= 0.6 is 15.9 Å². The highest BCUT2D eigenvalue weighted by molar-refractivity contribution is 9.10. The maximum atomic E-state index is 11.1. The van der Waals surface area contributed by atoms with E-state index in [-0.39, 0.29) is 11.8 Å². The van der Waals surface area contributed by atoms with Gasteiger partial charge in [0.2, 0.25) is 5.91 Å². The minimum absolute atomic E-state index is 0.0838. The lowest BCUT2D eigenvalue weighted by Gasteiger charge is -2.21. The molecule has 0 spiro atoms. The second kappa shape index (κ2) is 4.29. The smallest absolute Gasteiger partial charge is 0.222 e. The molecule has 86 valence electrons. The third-order valence-electron chi connectivity index (χ3n) is 2.81. The molecule has 4 N–H and O–H groups in total. The number of carbonyl (C=O) groups excluding carboxylic acids is 1. The molecule has 0 radical (unpaired) electrons. The molecular formula is C10H13BrN4O. The van der Waals surface area contributed by atoms with E-state index in [2.05, 4.69) is 25.8 Å². The average Bonchev–Trinajstić information content (AvgIpc) is 2.66. The van der Waals surface area contributed by atoms with Crippen LogP contribution in [-0.4, -0.2) is 24.0 Å². The van der Waals surface area contributed by atoms with E-state index in [9.17, 15) is 4.79 Å². The summed E-state index contributed by atoms with van der Waals surface area (Å²) in [6.07, 6.45) is 4.09. The molecule has 6 heteroatoms. The van der Waals surface area contributed by atoms with Gasteiger partial charge < -0.3 is 16.4 Å². The number of carbonyl (C=O) groups is 1. The molecular weight excluding hydrogens is 272 g/mol. The largest absolute Gasteiger partial charge is 0.396 e. The van der Waals surface area contributed by atoms with Gasteiger partial charge in [-0.15, -0.1) is 0 Å². The van der Waals surface area contributed by atoms with E-state index < -0.39 is 0 Å². The second-order valence-electron chi connectivity index (χ2n) is 3.89. The Kier molecular flexibility index (Phi) is 3.00. The van der Waals surface area contributed by atoms with E-state index in [0.717, 1.165) is 23.1 Å². The van der Waals surface area contributed by atoms with Gasteiger partial charge in [-0.1, -0.05) is 0 Å². The number of hydrogen-bond donors (Lipinski definition) is 2. The topological polar surface area (TPSA) is 85.2 Å². The Balaban J connectivity index is 2.24. The summed E-state index contributed by atoms with van der Waals surface area (Å²) in [5.41, 5.74) is 12.7. The van der Waals surface area contributed by atoms with Crippen molar-refractivity contribution in [3.63, 3.8) is 0 Å². The lowest BCUT2D eigenvalue weighted by molar-refractivity contribution is -0.121. The van der Waals surface area contributed by atoms with E-state index >= 15 is 0 Å². The van der Waals surface area contributed by atoms with Gasteiger partial charge in [-0.25, -0.2) is 0 Å². The monoisotopic (exact) mass is 284 g/mol. The molecule has 0 saturated carbocycles. The first-order valence-corrected chi connectivity index (χ1v) is 5.82. The minimum Gasteiger partial charge on any atom is -0.396 e. The molecule has 1 aromatic rings. The number of nitrogens with two attached hydrogens (primary N) is 2. The SMILES string of the molecule is NC(=O)C1CCN(c2c(N)cncc2Br)C1. The molecule has 5 nitrogen and oxygen atoms in total. The lowest BCUT2D eigenvalue weighted by atomic mass is 10.1. The van der Waals surface area contributed by atoms with Crippen LogP contribution in [0.25, 0.3) is 0 Å². The number of nitrogens with zero attached hydrogens (tertiary/aromatic N) is 2. The third kappa shape index (κ3) is 1.97.